The number of aromatic carboxylic acids is 1. The first-order valence-electron chi connectivity index (χ1n) is 2.57. The van der Waals surface area contributed by atoms with E-state index in [-0.39, 0.29) is 12.2 Å². The van der Waals surface area contributed by atoms with Crippen LogP contribution in [-0.4, -0.2) is 22.7 Å². The lowest BCUT2D eigenvalue weighted by atomic mass is 10.5. The Morgan fingerprint density at radius 1 is 1.64 bits per heavy atom. The average Bonchev–Trinajstić information content (AvgIpc) is 2.38. The normalized spacial score (nSPS) is 7.64. The van der Waals surface area contributed by atoms with Crippen LogP contribution in [0.2, 0.25) is 0 Å². The number of hydrogen-bond donors (Lipinski definition) is 2. The molecule has 0 spiro atoms. The van der Waals surface area contributed by atoms with Crippen LogP contribution in [-0.2, 0) is 4.79 Å². The topological polar surface area (TPSA) is 87.7 Å². The van der Waals surface area contributed by atoms with Crippen LogP contribution in [0.25, 0.3) is 0 Å². The molecule has 1 heterocycles. The molecule has 1 aromatic heterocycles. The second-order valence-corrected chi connectivity index (χ2v) is 1.39. The Balaban J connectivity index is 0.000000292. The lowest BCUT2D eigenvalue weighted by molar-refractivity contribution is -0.122. The van der Waals surface area contributed by atoms with Crippen LogP contribution >= 0.6 is 0 Å². The van der Waals surface area contributed by atoms with Gasteiger partial charge in [0.25, 0.3) is 6.47 Å². The van der Waals surface area contributed by atoms with Crippen molar-refractivity contribution in [3.63, 3.8) is 0 Å². The van der Waals surface area contributed by atoms with Gasteiger partial charge < -0.3 is 14.6 Å². The van der Waals surface area contributed by atoms with Gasteiger partial charge in [-0.25, -0.2) is 4.79 Å². The molecular formula is C6H6O5. The zero-order valence-electron chi connectivity index (χ0n) is 5.43. The Hall–Kier alpha value is -1.78. The number of furan rings is 1. The highest BCUT2D eigenvalue weighted by Crippen LogP contribution is 1.97. The predicted molar refractivity (Wildman–Crippen MR) is 34.4 cm³/mol. The van der Waals surface area contributed by atoms with Gasteiger partial charge in [-0.2, -0.15) is 0 Å². The van der Waals surface area contributed by atoms with E-state index >= 15 is 0 Å². The Morgan fingerprint density at radius 3 is 2.36 bits per heavy atom. The quantitative estimate of drug-likeness (QED) is 0.586. The van der Waals surface area contributed by atoms with Gasteiger partial charge in [0.15, 0.2) is 0 Å². The van der Waals surface area contributed by atoms with Gasteiger partial charge in [-0.3, -0.25) is 4.79 Å². The summed E-state index contributed by atoms with van der Waals surface area (Å²) in [5, 5.41) is 15.1. The predicted octanol–water partition coefficient (Wildman–Crippen LogP) is 0.679. The molecule has 0 bridgehead atoms. The summed E-state index contributed by atoms with van der Waals surface area (Å²) in [7, 11) is 0. The van der Waals surface area contributed by atoms with E-state index in [2.05, 4.69) is 4.42 Å². The van der Waals surface area contributed by atoms with Crippen molar-refractivity contribution in [3.8, 4) is 0 Å². The van der Waals surface area contributed by atoms with Crippen molar-refractivity contribution in [2.45, 2.75) is 0 Å². The zero-order chi connectivity index (χ0) is 8.69. The smallest absolute Gasteiger partial charge is 0.371 e. The Bertz CT molecular complexity index is 213. The summed E-state index contributed by atoms with van der Waals surface area (Å²) in [6.07, 6.45) is 1.32. The van der Waals surface area contributed by atoms with Crippen LogP contribution in [0.3, 0.4) is 0 Å². The fraction of sp³-hybridized carbons (Fsp3) is 0. The fourth-order valence-electron chi connectivity index (χ4n) is 0.400. The maximum atomic E-state index is 9.97. The molecule has 0 aliphatic heterocycles. The fourth-order valence-corrected chi connectivity index (χ4v) is 0.400. The summed E-state index contributed by atoms with van der Waals surface area (Å²) in [4.78, 5) is 18.3. The molecule has 5 nitrogen and oxygen atoms in total. The van der Waals surface area contributed by atoms with Crippen molar-refractivity contribution in [1.29, 1.82) is 0 Å². The van der Waals surface area contributed by atoms with Crippen LogP contribution in [0.4, 0.5) is 0 Å². The summed E-state index contributed by atoms with van der Waals surface area (Å²) in [6.45, 7) is -0.250. The number of carboxylic acids is 1. The van der Waals surface area contributed by atoms with Crippen molar-refractivity contribution in [3.05, 3.63) is 24.2 Å². The summed E-state index contributed by atoms with van der Waals surface area (Å²) in [6, 6.07) is 2.92. The number of hydrogen-bond acceptors (Lipinski definition) is 3. The van der Waals surface area contributed by atoms with Gasteiger partial charge >= 0.3 is 5.97 Å². The second kappa shape index (κ2) is 5.04. The van der Waals surface area contributed by atoms with Crippen molar-refractivity contribution in [2.24, 2.45) is 0 Å². The third kappa shape index (κ3) is 3.74. The summed E-state index contributed by atoms with van der Waals surface area (Å²) in [5.74, 6) is -1.06. The molecule has 0 amide bonds. The summed E-state index contributed by atoms with van der Waals surface area (Å²) in [5.41, 5.74) is 0. The van der Waals surface area contributed by atoms with Gasteiger partial charge in [0.1, 0.15) is 0 Å². The SMILES string of the molecule is O=C(O)c1ccco1.O=CO. The first-order chi connectivity index (χ1) is 5.22. The molecule has 0 fully saturated rings. The van der Waals surface area contributed by atoms with E-state index in [0.717, 1.165) is 0 Å². The minimum atomic E-state index is -1.03. The van der Waals surface area contributed by atoms with Crippen molar-refractivity contribution in [1.82, 2.24) is 0 Å². The number of carboxylic acid groups (broad SMARTS) is 2. The standard InChI is InChI=1S/C5H4O3.CH2O2/c6-5(7)4-2-1-3-8-4;2-1-3/h1-3H,(H,6,7);1H,(H,2,3). The monoisotopic (exact) mass is 158 g/mol. The average molecular weight is 158 g/mol. The van der Waals surface area contributed by atoms with E-state index in [1.807, 2.05) is 0 Å². The first-order valence-corrected chi connectivity index (χ1v) is 2.57. The van der Waals surface area contributed by atoms with Gasteiger partial charge in [-0.1, -0.05) is 0 Å². The third-order valence-corrected chi connectivity index (χ3v) is 0.732. The third-order valence-electron chi connectivity index (χ3n) is 0.732. The van der Waals surface area contributed by atoms with Crippen LogP contribution in [0, 0.1) is 0 Å². The maximum Gasteiger partial charge on any atom is 0.371 e. The Labute approximate surface area is 61.9 Å². The summed E-state index contributed by atoms with van der Waals surface area (Å²) >= 11 is 0. The zero-order valence-corrected chi connectivity index (χ0v) is 5.43. The van der Waals surface area contributed by atoms with Gasteiger partial charge in [0.2, 0.25) is 5.76 Å². The second-order valence-electron chi connectivity index (χ2n) is 1.39. The van der Waals surface area contributed by atoms with E-state index in [1.165, 1.54) is 18.4 Å². The minimum absolute atomic E-state index is 0.0231. The van der Waals surface area contributed by atoms with Crippen molar-refractivity contribution >= 4 is 12.4 Å². The highest BCUT2D eigenvalue weighted by atomic mass is 16.4. The van der Waals surface area contributed by atoms with Crippen LogP contribution in [0.5, 0.6) is 0 Å². The highest BCUT2D eigenvalue weighted by Gasteiger charge is 2.01. The van der Waals surface area contributed by atoms with Crippen molar-refractivity contribution in [2.75, 3.05) is 0 Å². The van der Waals surface area contributed by atoms with Crippen molar-refractivity contribution < 1.29 is 24.2 Å². The van der Waals surface area contributed by atoms with Gasteiger partial charge in [-0.15, -0.1) is 0 Å². The molecule has 5 heteroatoms. The molecule has 60 valence electrons. The maximum absolute atomic E-state index is 9.97. The molecular weight excluding hydrogens is 152 g/mol. The molecule has 2 N–H and O–H groups in total. The van der Waals surface area contributed by atoms with Crippen LogP contribution in [0.15, 0.2) is 22.8 Å². The molecule has 11 heavy (non-hydrogen) atoms. The van der Waals surface area contributed by atoms with E-state index in [4.69, 9.17) is 15.0 Å². The van der Waals surface area contributed by atoms with Gasteiger partial charge in [0.05, 0.1) is 6.26 Å². The molecule has 0 saturated heterocycles. The van der Waals surface area contributed by atoms with Crippen LogP contribution in [0.1, 0.15) is 10.6 Å². The summed E-state index contributed by atoms with van der Waals surface area (Å²) < 4.78 is 4.50. The molecule has 0 atom stereocenters. The molecule has 0 aromatic carbocycles. The Morgan fingerprint density at radius 2 is 2.18 bits per heavy atom. The van der Waals surface area contributed by atoms with E-state index < -0.39 is 5.97 Å². The molecule has 0 aliphatic carbocycles. The van der Waals surface area contributed by atoms with E-state index in [0.29, 0.717) is 0 Å². The molecule has 0 radical (unpaired) electrons. The van der Waals surface area contributed by atoms with Gasteiger partial charge in [0, 0.05) is 0 Å². The molecule has 0 unspecified atom stereocenters. The van der Waals surface area contributed by atoms with Gasteiger partial charge in [-0.05, 0) is 12.1 Å². The number of carbonyl (C=O) groups is 2. The highest BCUT2D eigenvalue weighted by molar-refractivity contribution is 5.84. The van der Waals surface area contributed by atoms with Crippen LogP contribution < -0.4 is 0 Å². The largest absolute Gasteiger partial charge is 0.483 e. The number of rotatable bonds is 1. The first kappa shape index (κ1) is 9.22. The molecule has 0 saturated carbocycles. The molecule has 1 aromatic rings. The lowest BCUT2D eigenvalue weighted by Gasteiger charge is -1.79. The van der Waals surface area contributed by atoms with E-state index in [1.54, 1.807) is 0 Å². The van der Waals surface area contributed by atoms with E-state index in [9.17, 15) is 4.79 Å². The molecule has 0 aliphatic rings. The minimum Gasteiger partial charge on any atom is -0.483 e. The lowest BCUT2D eigenvalue weighted by Crippen LogP contribution is -1.90. The Kier molecular flexibility index (Phi) is 4.22. The molecule has 1 rings (SSSR count).